The van der Waals surface area contributed by atoms with Crippen LogP contribution in [0.15, 0.2) is 79.1 Å². The number of para-hydroxylation sites is 1. The molecular weight excluding hydrogens is 360 g/mol. The molecule has 0 unspecified atom stereocenters. The predicted octanol–water partition coefficient (Wildman–Crippen LogP) is 4.42. The van der Waals surface area contributed by atoms with Crippen molar-refractivity contribution in [3.8, 4) is 0 Å². The standard InChI is InChI=1S/C24H22N4O/c29-24(26-15-17-7-2-1-3-8-17)28-14-12-20-19-10-4-5-11-21(19)27-22(20)23(28)18-9-6-13-25-16-18/h1-11,13,16,23,27H,12,14-15H2,(H,26,29)/t23-/m1/s1. The second kappa shape index (κ2) is 7.43. The summed E-state index contributed by atoms with van der Waals surface area (Å²) in [5.41, 5.74) is 5.58. The maximum atomic E-state index is 13.2. The molecular formula is C24H22N4O. The molecule has 5 heteroatoms. The summed E-state index contributed by atoms with van der Waals surface area (Å²) in [5.74, 6) is 0. The van der Waals surface area contributed by atoms with E-state index in [1.54, 1.807) is 6.20 Å². The van der Waals surface area contributed by atoms with Crippen molar-refractivity contribution in [3.63, 3.8) is 0 Å². The first kappa shape index (κ1) is 17.5. The van der Waals surface area contributed by atoms with Gasteiger partial charge in [-0.05, 0) is 35.2 Å². The molecule has 2 amide bonds. The van der Waals surface area contributed by atoms with E-state index < -0.39 is 0 Å². The molecule has 5 nitrogen and oxygen atoms in total. The summed E-state index contributed by atoms with van der Waals surface area (Å²) < 4.78 is 0. The first-order valence-electron chi connectivity index (χ1n) is 9.89. The second-order valence-electron chi connectivity index (χ2n) is 7.34. The van der Waals surface area contributed by atoms with Gasteiger partial charge in [0.25, 0.3) is 0 Å². The Kier molecular flexibility index (Phi) is 4.48. The maximum Gasteiger partial charge on any atom is 0.318 e. The fourth-order valence-corrected chi connectivity index (χ4v) is 4.22. The molecule has 0 aliphatic carbocycles. The topological polar surface area (TPSA) is 61.0 Å². The van der Waals surface area contributed by atoms with E-state index in [1.807, 2.05) is 59.6 Å². The summed E-state index contributed by atoms with van der Waals surface area (Å²) in [5, 5.41) is 4.32. The first-order chi connectivity index (χ1) is 14.3. The molecule has 0 fully saturated rings. The van der Waals surface area contributed by atoms with E-state index in [2.05, 4.69) is 33.5 Å². The minimum atomic E-state index is -0.185. The number of carbonyl (C=O) groups excluding carboxylic acids is 1. The van der Waals surface area contributed by atoms with E-state index in [9.17, 15) is 4.79 Å². The molecule has 3 heterocycles. The molecule has 0 bridgehead atoms. The van der Waals surface area contributed by atoms with Gasteiger partial charge in [0.1, 0.15) is 6.04 Å². The maximum absolute atomic E-state index is 13.2. The zero-order chi connectivity index (χ0) is 19.6. The number of amides is 2. The van der Waals surface area contributed by atoms with Gasteiger partial charge in [0, 0.05) is 42.1 Å². The number of nitrogens with one attached hydrogen (secondary N) is 2. The van der Waals surface area contributed by atoms with Crippen molar-refractivity contribution in [2.75, 3.05) is 6.54 Å². The predicted molar refractivity (Wildman–Crippen MR) is 113 cm³/mol. The number of aromatic nitrogens is 2. The highest BCUT2D eigenvalue weighted by Gasteiger charge is 2.34. The normalized spacial score (nSPS) is 15.9. The lowest BCUT2D eigenvalue weighted by molar-refractivity contribution is 0.178. The largest absolute Gasteiger partial charge is 0.356 e. The van der Waals surface area contributed by atoms with E-state index in [4.69, 9.17) is 0 Å². The number of hydrogen-bond acceptors (Lipinski definition) is 2. The Morgan fingerprint density at radius 3 is 2.72 bits per heavy atom. The molecule has 1 aliphatic rings. The summed E-state index contributed by atoms with van der Waals surface area (Å²) in [7, 11) is 0. The van der Waals surface area contributed by atoms with Gasteiger partial charge < -0.3 is 15.2 Å². The number of hydrogen-bond donors (Lipinski definition) is 2. The van der Waals surface area contributed by atoms with Crippen LogP contribution in [0.4, 0.5) is 4.79 Å². The van der Waals surface area contributed by atoms with Crippen molar-refractivity contribution < 1.29 is 4.79 Å². The third kappa shape index (κ3) is 3.25. The zero-order valence-electron chi connectivity index (χ0n) is 16.0. The van der Waals surface area contributed by atoms with Crippen LogP contribution < -0.4 is 5.32 Å². The molecule has 144 valence electrons. The highest BCUT2D eigenvalue weighted by Crippen LogP contribution is 2.38. The van der Waals surface area contributed by atoms with E-state index in [1.165, 1.54) is 10.9 Å². The number of nitrogens with zero attached hydrogens (tertiary/aromatic N) is 2. The van der Waals surface area contributed by atoms with Crippen molar-refractivity contribution in [3.05, 3.63) is 102 Å². The van der Waals surface area contributed by atoms with Crippen LogP contribution in [0.3, 0.4) is 0 Å². The fraction of sp³-hybridized carbons (Fsp3) is 0.167. The zero-order valence-corrected chi connectivity index (χ0v) is 16.0. The molecule has 5 rings (SSSR count). The van der Waals surface area contributed by atoms with Gasteiger partial charge in [-0.15, -0.1) is 0 Å². The average molecular weight is 382 g/mol. The molecule has 29 heavy (non-hydrogen) atoms. The molecule has 1 atom stereocenters. The van der Waals surface area contributed by atoms with Crippen molar-refractivity contribution in [1.82, 2.24) is 20.2 Å². The quantitative estimate of drug-likeness (QED) is 0.551. The molecule has 0 radical (unpaired) electrons. The van der Waals surface area contributed by atoms with E-state index >= 15 is 0 Å². The van der Waals surface area contributed by atoms with Gasteiger partial charge in [-0.25, -0.2) is 4.79 Å². The lowest BCUT2D eigenvalue weighted by Gasteiger charge is -2.36. The highest BCUT2D eigenvalue weighted by atomic mass is 16.2. The van der Waals surface area contributed by atoms with Crippen LogP contribution in [-0.4, -0.2) is 27.4 Å². The minimum absolute atomic E-state index is 0.0630. The Morgan fingerprint density at radius 2 is 1.90 bits per heavy atom. The summed E-state index contributed by atoms with van der Waals surface area (Å²) in [6.45, 7) is 1.17. The lowest BCUT2D eigenvalue weighted by atomic mass is 9.93. The third-order valence-electron chi connectivity index (χ3n) is 5.58. The first-order valence-corrected chi connectivity index (χ1v) is 9.89. The Labute approximate surface area is 169 Å². The number of pyridine rings is 1. The van der Waals surface area contributed by atoms with Crippen LogP contribution in [0.25, 0.3) is 10.9 Å². The number of urea groups is 1. The van der Waals surface area contributed by atoms with Crippen LogP contribution >= 0.6 is 0 Å². The molecule has 0 spiro atoms. The van der Waals surface area contributed by atoms with Crippen molar-refractivity contribution in [2.24, 2.45) is 0 Å². The van der Waals surface area contributed by atoms with Gasteiger partial charge in [-0.3, -0.25) is 4.98 Å². The van der Waals surface area contributed by atoms with Crippen LogP contribution in [0.1, 0.15) is 28.4 Å². The molecule has 1 aliphatic heterocycles. The average Bonchev–Trinajstić information content (AvgIpc) is 3.17. The van der Waals surface area contributed by atoms with Gasteiger partial charge >= 0.3 is 6.03 Å². The molecule has 2 aromatic heterocycles. The Hall–Kier alpha value is -3.60. The van der Waals surface area contributed by atoms with Crippen LogP contribution in [-0.2, 0) is 13.0 Å². The van der Waals surface area contributed by atoms with Crippen LogP contribution in [0, 0.1) is 0 Å². The Balaban J connectivity index is 1.50. The number of aromatic amines is 1. The summed E-state index contributed by atoms with van der Waals surface area (Å²) in [6, 6.07) is 22.0. The molecule has 4 aromatic rings. The minimum Gasteiger partial charge on any atom is -0.356 e. The SMILES string of the molecule is O=C(NCc1ccccc1)N1CCc2c([nH]c3ccccc23)[C@H]1c1cccnc1. The molecule has 0 saturated carbocycles. The van der Waals surface area contributed by atoms with E-state index in [0.717, 1.165) is 28.8 Å². The monoisotopic (exact) mass is 382 g/mol. The number of rotatable bonds is 3. The number of H-pyrrole nitrogens is 1. The number of carbonyl (C=O) groups is 1. The van der Waals surface area contributed by atoms with Gasteiger partial charge in [0.05, 0.1) is 0 Å². The Bertz CT molecular complexity index is 1140. The van der Waals surface area contributed by atoms with Gasteiger partial charge in [0.2, 0.25) is 0 Å². The van der Waals surface area contributed by atoms with E-state index in [-0.39, 0.29) is 12.1 Å². The number of fused-ring (bicyclic) bond motifs is 3. The fourth-order valence-electron chi connectivity index (χ4n) is 4.22. The second-order valence-corrected chi connectivity index (χ2v) is 7.34. The van der Waals surface area contributed by atoms with Crippen molar-refractivity contribution in [1.29, 1.82) is 0 Å². The molecule has 2 N–H and O–H groups in total. The van der Waals surface area contributed by atoms with E-state index in [0.29, 0.717) is 13.1 Å². The smallest absolute Gasteiger partial charge is 0.318 e. The van der Waals surface area contributed by atoms with Gasteiger partial charge in [-0.2, -0.15) is 0 Å². The van der Waals surface area contributed by atoms with Crippen LogP contribution in [0.2, 0.25) is 0 Å². The Morgan fingerprint density at radius 1 is 1.07 bits per heavy atom. The van der Waals surface area contributed by atoms with Gasteiger partial charge in [0.15, 0.2) is 0 Å². The molecule has 2 aromatic carbocycles. The molecule has 0 saturated heterocycles. The van der Waals surface area contributed by atoms with Gasteiger partial charge in [-0.1, -0.05) is 54.6 Å². The highest BCUT2D eigenvalue weighted by molar-refractivity contribution is 5.86. The third-order valence-corrected chi connectivity index (χ3v) is 5.58. The van der Waals surface area contributed by atoms with Crippen molar-refractivity contribution in [2.45, 2.75) is 19.0 Å². The lowest BCUT2D eigenvalue weighted by Crippen LogP contribution is -2.45. The van der Waals surface area contributed by atoms with Crippen molar-refractivity contribution >= 4 is 16.9 Å². The number of benzene rings is 2. The van der Waals surface area contributed by atoms with Crippen LogP contribution in [0.5, 0.6) is 0 Å². The summed E-state index contributed by atoms with van der Waals surface area (Å²) >= 11 is 0. The summed E-state index contributed by atoms with van der Waals surface area (Å²) in [6.07, 6.45) is 4.44. The summed E-state index contributed by atoms with van der Waals surface area (Å²) in [4.78, 5) is 23.0.